The minimum Gasteiger partial charge on any atom is -0.493 e. The van der Waals surface area contributed by atoms with Gasteiger partial charge in [-0.3, -0.25) is 0 Å². The van der Waals surface area contributed by atoms with Crippen molar-refractivity contribution in [3.8, 4) is 23.0 Å². The van der Waals surface area contributed by atoms with Gasteiger partial charge >= 0.3 is 0 Å². The smallest absolute Gasteiger partial charge is 0.169 e. The van der Waals surface area contributed by atoms with E-state index in [-0.39, 0.29) is 0 Å². The third-order valence-corrected chi connectivity index (χ3v) is 4.39. The highest BCUT2D eigenvalue weighted by molar-refractivity contribution is 5.67. The van der Waals surface area contributed by atoms with Crippen LogP contribution in [0.4, 0.5) is 0 Å². The maximum absolute atomic E-state index is 10.9. The number of methoxy groups -OCH3 is 3. The van der Waals surface area contributed by atoms with E-state index in [1.165, 1.54) is 0 Å². The van der Waals surface area contributed by atoms with Gasteiger partial charge in [0.05, 0.1) is 21.3 Å². The molecule has 1 aliphatic rings. The van der Waals surface area contributed by atoms with E-state index in [4.69, 9.17) is 18.9 Å². The van der Waals surface area contributed by atoms with Gasteiger partial charge in [-0.15, -0.1) is 0 Å². The molecule has 0 radical (unpaired) electrons. The van der Waals surface area contributed by atoms with Crippen LogP contribution in [0, 0.1) is 0 Å². The highest BCUT2D eigenvalue weighted by Crippen LogP contribution is 2.42. The molecule has 0 spiro atoms. The minimum absolute atomic E-state index is 0.399. The van der Waals surface area contributed by atoms with Gasteiger partial charge in [0, 0.05) is 5.56 Å². The molecule has 3 rings (SSSR count). The summed E-state index contributed by atoms with van der Waals surface area (Å²) in [7, 11) is 4.74. The average Bonchev–Trinajstić information content (AvgIpc) is 2.65. The van der Waals surface area contributed by atoms with Gasteiger partial charge in [-0.2, -0.15) is 0 Å². The molecule has 5 nitrogen and oxygen atoms in total. The number of hydrogen-bond donors (Lipinski definition) is 1. The highest BCUT2D eigenvalue weighted by Gasteiger charge is 2.26. The van der Waals surface area contributed by atoms with Crippen molar-refractivity contribution < 1.29 is 24.1 Å². The van der Waals surface area contributed by atoms with Gasteiger partial charge in [0.15, 0.2) is 23.0 Å². The summed E-state index contributed by atoms with van der Waals surface area (Å²) in [6, 6.07) is 9.07. The summed E-state index contributed by atoms with van der Waals surface area (Å²) < 4.78 is 22.1. The molecule has 0 saturated carbocycles. The first kappa shape index (κ1) is 18.1. The molecule has 26 heavy (non-hydrogen) atoms. The lowest BCUT2D eigenvalue weighted by molar-refractivity contribution is 0.152. The summed E-state index contributed by atoms with van der Waals surface area (Å²) in [4.78, 5) is 0. The first-order valence-corrected chi connectivity index (χ1v) is 8.38. The zero-order chi connectivity index (χ0) is 18.9. The third-order valence-electron chi connectivity index (χ3n) is 4.39. The van der Waals surface area contributed by atoms with Crippen LogP contribution in [0.15, 0.2) is 36.4 Å². The molecule has 1 aliphatic heterocycles. The molecular formula is C21H24O5. The van der Waals surface area contributed by atoms with Gasteiger partial charge in [0.25, 0.3) is 0 Å². The molecule has 2 aromatic carbocycles. The van der Waals surface area contributed by atoms with Gasteiger partial charge in [0.2, 0.25) is 0 Å². The summed E-state index contributed by atoms with van der Waals surface area (Å²) in [6.45, 7) is 3.97. The van der Waals surface area contributed by atoms with Crippen LogP contribution in [0.5, 0.6) is 23.0 Å². The quantitative estimate of drug-likeness (QED) is 0.878. The predicted molar refractivity (Wildman–Crippen MR) is 100 cm³/mol. The van der Waals surface area contributed by atoms with E-state index >= 15 is 0 Å². The maximum atomic E-state index is 10.9. The standard InChI is InChI=1S/C21H24O5/c1-21(2)9-8-14-10-15(12-18(25-5)20(14)26-21)19(22)13-6-7-16(23-3)17(11-13)24-4/h6-12,19,22H,1-5H3. The topological polar surface area (TPSA) is 57.2 Å². The van der Waals surface area contributed by atoms with Crippen LogP contribution < -0.4 is 18.9 Å². The Labute approximate surface area is 153 Å². The molecule has 1 heterocycles. The molecular weight excluding hydrogens is 332 g/mol. The lowest BCUT2D eigenvalue weighted by Gasteiger charge is -2.29. The fraction of sp³-hybridized carbons (Fsp3) is 0.333. The fourth-order valence-corrected chi connectivity index (χ4v) is 2.99. The summed E-state index contributed by atoms with van der Waals surface area (Å²) in [5.41, 5.74) is 1.88. The summed E-state index contributed by atoms with van der Waals surface area (Å²) in [5, 5.41) is 10.9. The van der Waals surface area contributed by atoms with E-state index in [0.29, 0.717) is 34.1 Å². The van der Waals surface area contributed by atoms with Crippen molar-refractivity contribution in [1.29, 1.82) is 0 Å². The molecule has 0 aliphatic carbocycles. The average molecular weight is 356 g/mol. The van der Waals surface area contributed by atoms with Crippen LogP contribution in [0.1, 0.15) is 36.6 Å². The normalized spacial score (nSPS) is 15.6. The van der Waals surface area contributed by atoms with E-state index in [0.717, 1.165) is 5.56 Å². The van der Waals surface area contributed by atoms with Gasteiger partial charge in [-0.05, 0) is 55.3 Å². The van der Waals surface area contributed by atoms with Crippen molar-refractivity contribution in [2.24, 2.45) is 0 Å². The van der Waals surface area contributed by atoms with Crippen LogP contribution in [0.25, 0.3) is 6.08 Å². The van der Waals surface area contributed by atoms with Gasteiger partial charge in [-0.1, -0.05) is 12.1 Å². The van der Waals surface area contributed by atoms with E-state index < -0.39 is 11.7 Å². The van der Waals surface area contributed by atoms with Gasteiger partial charge < -0.3 is 24.1 Å². The van der Waals surface area contributed by atoms with Crippen LogP contribution >= 0.6 is 0 Å². The molecule has 0 bridgehead atoms. The maximum Gasteiger partial charge on any atom is 0.169 e. The van der Waals surface area contributed by atoms with E-state index in [1.54, 1.807) is 39.5 Å². The number of aliphatic hydroxyl groups excluding tert-OH is 1. The molecule has 1 atom stereocenters. The number of hydrogen-bond acceptors (Lipinski definition) is 5. The lowest BCUT2D eigenvalue weighted by atomic mass is 9.95. The van der Waals surface area contributed by atoms with Crippen molar-refractivity contribution in [2.75, 3.05) is 21.3 Å². The first-order valence-electron chi connectivity index (χ1n) is 8.38. The van der Waals surface area contributed by atoms with Crippen molar-refractivity contribution in [1.82, 2.24) is 0 Å². The fourth-order valence-electron chi connectivity index (χ4n) is 2.99. The second-order valence-corrected chi connectivity index (χ2v) is 6.70. The number of ether oxygens (including phenoxy) is 4. The number of aliphatic hydroxyl groups is 1. The second-order valence-electron chi connectivity index (χ2n) is 6.70. The minimum atomic E-state index is -0.836. The molecule has 0 amide bonds. The Bertz CT molecular complexity index is 839. The SMILES string of the molecule is COc1ccc(C(O)c2cc3c(c(OC)c2)OC(C)(C)C=C3)cc1OC. The Morgan fingerprint density at radius 2 is 1.54 bits per heavy atom. The number of rotatable bonds is 5. The zero-order valence-corrected chi connectivity index (χ0v) is 15.7. The van der Waals surface area contributed by atoms with E-state index in [2.05, 4.69) is 0 Å². The Morgan fingerprint density at radius 3 is 2.19 bits per heavy atom. The Kier molecular flexibility index (Phi) is 4.83. The number of benzene rings is 2. The van der Waals surface area contributed by atoms with Crippen LogP contribution in [0.3, 0.4) is 0 Å². The zero-order valence-electron chi connectivity index (χ0n) is 15.7. The second kappa shape index (κ2) is 6.92. The molecule has 138 valence electrons. The van der Waals surface area contributed by atoms with Gasteiger partial charge in [0.1, 0.15) is 11.7 Å². The van der Waals surface area contributed by atoms with Crippen molar-refractivity contribution in [2.45, 2.75) is 25.6 Å². The largest absolute Gasteiger partial charge is 0.493 e. The molecule has 1 N–H and O–H groups in total. The number of fused-ring (bicyclic) bond motifs is 1. The van der Waals surface area contributed by atoms with Crippen molar-refractivity contribution >= 4 is 6.08 Å². The van der Waals surface area contributed by atoms with Crippen LogP contribution in [0.2, 0.25) is 0 Å². The van der Waals surface area contributed by atoms with Crippen LogP contribution in [-0.2, 0) is 0 Å². The molecule has 1 unspecified atom stereocenters. The monoisotopic (exact) mass is 356 g/mol. The van der Waals surface area contributed by atoms with Gasteiger partial charge in [-0.25, -0.2) is 0 Å². The van der Waals surface area contributed by atoms with Crippen LogP contribution in [-0.4, -0.2) is 32.0 Å². The van der Waals surface area contributed by atoms with E-state index in [1.807, 2.05) is 38.1 Å². The van der Waals surface area contributed by atoms with Crippen molar-refractivity contribution in [3.63, 3.8) is 0 Å². The molecule has 0 fully saturated rings. The lowest BCUT2D eigenvalue weighted by Crippen LogP contribution is -2.27. The molecule has 0 aromatic heterocycles. The summed E-state index contributed by atoms with van der Waals surface area (Å²) in [6.07, 6.45) is 3.14. The Hall–Kier alpha value is -2.66. The molecule has 0 saturated heterocycles. The van der Waals surface area contributed by atoms with Crippen molar-refractivity contribution in [3.05, 3.63) is 53.1 Å². The highest BCUT2D eigenvalue weighted by atomic mass is 16.5. The Balaban J connectivity index is 2.02. The third kappa shape index (κ3) is 3.35. The molecule has 2 aromatic rings. The summed E-state index contributed by atoms with van der Waals surface area (Å²) >= 11 is 0. The molecule has 5 heteroatoms. The van der Waals surface area contributed by atoms with E-state index in [9.17, 15) is 5.11 Å². The Morgan fingerprint density at radius 1 is 0.885 bits per heavy atom. The predicted octanol–water partition coefficient (Wildman–Crippen LogP) is 3.98. The summed E-state index contributed by atoms with van der Waals surface area (Å²) in [5.74, 6) is 2.46. The first-order chi connectivity index (χ1) is 12.4.